The molecule has 84 valence electrons. The smallest absolute Gasteiger partial charge is 0.126 e. The second-order valence-corrected chi connectivity index (χ2v) is 4.00. The van der Waals surface area contributed by atoms with E-state index in [1.807, 2.05) is 23.9 Å². The highest BCUT2D eigenvalue weighted by molar-refractivity contribution is 5.46. The van der Waals surface area contributed by atoms with Crippen molar-refractivity contribution in [1.82, 2.24) is 4.57 Å². The summed E-state index contributed by atoms with van der Waals surface area (Å²) in [5.41, 5.74) is 2.82. The molecule has 2 rings (SSSR count). The summed E-state index contributed by atoms with van der Waals surface area (Å²) in [6.45, 7) is 2.52. The molecule has 0 spiro atoms. The van der Waals surface area contributed by atoms with Crippen molar-refractivity contribution in [3.63, 3.8) is 0 Å². The summed E-state index contributed by atoms with van der Waals surface area (Å²) in [4.78, 5) is 0. The molecule has 0 bridgehead atoms. The van der Waals surface area contributed by atoms with Gasteiger partial charge in [0.05, 0.1) is 0 Å². The highest BCUT2D eigenvalue weighted by Crippen LogP contribution is 2.14. The molecular weight excluding hydrogens is 203 g/mol. The Balaban J connectivity index is 2.02. The second kappa shape index (κ2) is 4.39. The van der Waals surface area contributed by atoms with Gasteiger partial charge in [0.2, 0.25) is 0 Å². The van der Waals surface area contributed by atoms with Crippen molar-refractivity contribution in [3.05, 3.63) is 53.6 Å². The molecule has 16 heavy (non-hydrogen) atoms. The maximum Gasteiger partial charge on any atom is 0.126 e. The molecule has 0 aliphatic carbocycles. The summed E-state index contributed by atoms with van der Waals surface area (Å²) in [7, 11) is 1.99. The largest absolute Gasteiger partial charge is 0.381 e. The number of hydrogen-bond donors (Lipinski definition) is 1. The Hall–Kier alpha value is -1.77. The number of nitrogens with zero attached hydrogens (tertiary/aromatic N) is 1. The van der Waals surface area contributed by atoms with E-state index >= 15 is 0 Å². The van der Waals surface area contributed by atoms with Crippen molar-refractivity contribution in [2.24, 2.45) is 7.05 Å². The Morgan fingerprint density at radius 2 is 2.12 bits per heavy atom. The predicted octanol–water partition coefficient (Wildman–Crippen LogP) is 3.08. The van der Waals surface area contributed by atoms with Crippen LogP contribution in [-0.4, -0.2) is 4.57 Å². The number of rotatable bonds is 3. The van der Waals surface area contributed by atoms with Crippen molar-refractivity contribution in [3.8, 4) is 0 Å². The van der Waals surface area contributed by atoms with E-state index in [4.69, 9.17) is 0 Å². The van der Waals surface area contributed by atoms with Gasteiger partial charge < -0.3 is 9.88 Å². The fraction of sp³-hybridized carbons (Fsp3) is 0.231. The first-order chi connectivity index (χ1) is 7.65. The van der Waals surface area contributed by atoms with Crippen molar-refractivity contribution < 1.29 is 4.39 Å². The molecule has 1 N–H and O–H groups in total. The van der Waals surface area contributed by atoms with Crippen molar-refractivity contribution in [2.45, 2.75) is 13.5 Å². The van der Waals surface area contributed by atoms with Crippen molar-refractivity contribution in [1.29, 1.82) is 0 Å². The minimum atomic E-state index is -0.162. The molecule has 0 aliphatic rings. The predicted molar refractivity (Wildman–Crippen MR) is 63.9 cm³/mol. The molecule has 0 fully saturated rings. The van der Waals surface area contributed by atoms with Gasteiger partial charge in [-0.25, -0.2) is 4.39 Å². The summed E-state index contributed by atoms with van der Waals surface area (Å²) in [5, 5.41) is 3.26. The molecule has 0 aliphatic heterocycles. The van der Waals surface area contributed by atoms with Gasteiger partial charge >= 0.3 is 0 Å². The normalized spacial score (nSPS) is 10.4. The van der Waals surface area contributed by atoms with Crippen LogP contribution in [-0.2, 0) is 13.6 Å². The lowest BCUT2D eigenvalue weighted by molar-refractivity contribution is 0.618. The highest BCUT2D eigenvalue weighted by atomic mass is 19.1. The molecule has 0 unspecified atom stereocenters. The number of benzene rings is 1. The van der Waals surface area contributed by atoms with Gasteiger partial charge in [0, 0.05) is 31.7 Å². The number of hydrogen-bond acceptors (Lipinski definition) is 1. The van der Waals surface area contributed by atoms with E-state index in [1.165, 1.54) is 11.6 Å². The van der Waals surface area contributed by atoms with Crippen LogP contribution < -0.4 is 5.32 Å². The quantitative estimate of drug-likeness (QED) is 0.837. The van der Waals surface area contributed by atoms with Crippen LogP contribution in [0.2, 0.25) is 0 Å². The zero-order chi connectivity index (χ0) is 11.5. The Morgan fingerprint density at radius 1 is 1.31 bits per heavy atom. The molecular formula is C13H15FN2. The van der Waals surface area contributed by atoms with Crippen LogP contribution in [0.5, 0.6) is 0 Å². The molecule has 0 radical (unpaired) electrons. The van der Waals surface area contributed by atoms with Crippen LogP contribution in [0.25, 0.3) is 0 Å². The summed E-state index contributed by atoms with van der Waals surface area (Å²) in [5.74, 6) is -0.162. The molecule has 0 saturated carbocycles. The third-order valence-corrected chi connectivity index (χ3v) is 2.55. The van der Waals surface area contributed by atoms with Crippen molar-refractivity contribution >= 4 is 5.69 Å². The number of halogens is 1. The Kier molecular flexibility index (Phi) is 2.95. The summed E-state index contributed by atoms with van der Waals surface area (Å²) in [6.07, 6.45) is 4.07. The first-order valence-corrected chi connectivity index (χ1v) is 5.26. The molecule has 0 saturated heterocycles. The zero-order valence-electron chi connectivity index (χ0n) is 9.50. The Bertz CT molecular complexity index is 488. The van der Waals surface area contributed by atoms with Gasteiger partial charge in [-0.05, 0) is 42.3 Å². The maximum absolute atomic E-state index is 13.0. The van der Waals surface area contributed by atoms with E-state index in [1.54, 1.807) is 13.0 Å². The number of anilines is 1. The lowest BCUT2D eigenvalue weighted by atomic mass is 10.2. The first kappa shape index (κ1) is 10.7. The lowest BCUT2D eigenvalue weighted by Crippen LogP contribution is -1.99. The monoisotopic (exact) mass is 218 g/mol. The molecule has 0 amide bonds. The van der Waals surface area contributed by atoms with Gasteiger partial charge in [-0.2, -0.15) is 0 Å². The van der Waals surface area contributed by atoms with Crippen molar-refractivity contribution in [2.75, 3.05) is 5.32 Å². The standard InChI is InChI=1S/C13H15FN2/c1-10-7-12(3-4-13(10)14)15-8-11-5-6-16(2)9-11/h3-7,9,15H,8H2,1-2H3. The second-order valence-electron chi connectivity index (χ2n) is 4.00. The first-order valence-electron chi connectivity index (χ1n) is 5.26. The molecule has 2 aromatic rings. The zero-order valence-corrected chi connectivity index (χ0v) is 9.50. The molecule has 1 aromatic carbocycles. The van der Waals surface area contributed by atoms with Crippen LogP contribution in [0, 0.1) is 12.7 Å². The van der Waals surface area contributed by atoms with E-state index in [0.29, 0.717) is 5.56 Å². The summed E-state index contributed by atoms with van der Waals surface area (Å²) < 4.78 is 15.0. The van der Waals surface area contributed by atoms with Gasteiger partial charge in [-0.3, -0.25) is 0 Å². The molecule has 1 aromatic heterocycles. The van der Waals surface area contributed by atoms with Gasteiger partial charge in [-0.1, -0.05) is 0 Å². The van der Waals surface area contributed by atoms with Crippen LogP contribution in [0.15, 0.2) is 36.7 Å². The highest BCUT2D eigenvalue weighted by Gasteiger charge is 1.99. The molecule has 1 heterocycles. The van der Waals surface area contributed by atoms with Crippen LogP contribution >= 0.6 is 0 Å². The average Bonchev–Trinajstić information content (AvgIpc) is 2.66. The van der Waals surface area contributed by atoms with E-state index in [-0.39, 0.29) is 5.82 Å². The van der Waals surface area contributed by atoms with Crippen LogP contribution in [0.1, 0.15) is 11.1 Å². The molecule has 3 heteroatoms. The topological polar surface area (TPSA) is 17.0 Å². The molecule has 2 nitrogen and oxygen atoms in total. The molecule has 0 atom stereocenters. The Labute approximate surface area is 94.7 Å². The Morgan fingerprint density at radius 3 is 2.75 bits per heavy atom. The fourth-order valence-corrected chi connectivity index (χ4v) is 1.62. The summed E-state index contributed by atoms with van der Waals surface area (Å²) in [6, 6.07) is 7.12. The van der Waals surface area contributed by atoms with Gasteiger partial charge in [0.25, 0.3) is 0 Å². The van der Waals surface area contributed by atoms with E-state index in [0.717, 1.165) is 12.2 Å². The minimum absolute atomic E-state index is 0.162. The number of aromatic nitrogens is 1. The fourth-order valence-electron chi connectivity index (χ4n) is 1.62. The third kappa shape index (κ3) is 2.42. The lowest BCUT2D eigenvalue weighted by Gasteiger charge is -2.06. The van der Waals surface area contributed by atoms with E-state index < -0.39 is 0 Å². The number of aryl methyl sites for hydroxylation is 2. The van der Waals surface area contributed by atoms with Crippen LogP contribution in [0.4, 0.5) is 10.1 Å². The maximum atomic E-state index is 13.0. The van der Waals surface area contributed by atoms with E-state index in [9.17, 15) is 4.39 Å². The van der Waals surface area contributed by atoms with Gasteiger partial charge in [0.15, 0.2) is 0 Å². The third-order valence-electron chi connectivity index (χ3n) is 2.55. The summed E-state index contributed by atoms with van der Waals surface area (Å²) >= 11 is 0. The average molecular weight is 218 g/mol. The van der Waals surface area contributed by atoms with Crippen LogP contribution in [0.3, 0.4) is 0 Å². The number of nitrogens with one attached hydrogen (secondary N) is 1. The van der Waals surface area contributed by atoms with Gasteiger partial charge in [0.1, 0.15) is 5.82 Å². The SMILES string of the molecule is Cc1cc(NCc2ccn(C)c2)ccc1F. The minimum Gasteiger partial charge on any atom is -0.381 e. The van der Waals surface area contributed by atoms with Gasteiger partial charge in [-0.15, -0.1) is 0 Å². The van der Waals surface area contributed by atoms with E-state index in [2.05, 4.69) is 17.6 Å².